The predicted octanol–water partition coefficient (Wildman–Crippen LogP) is 6.09. The number of rotatable bonds is 3. The summed E-state index contributed by atoms with van der Waals surface area (Å²) >= 11 is 0. The molecule has 0 aliphatic heterocycles. The van der Waals surface area contributed by atoms with Crippen molar-refractivity contribution in [2.45, 2.75) is 38.5 Å². The molecule has 1 aliphatic rings. The molecule has 3 aromatic rings. The molecule has 1 fully saturated rings. The molecule has 1 aliphatic carbocycles. The number of fused-ring (bicyclic) bond motifs is 1. The van der Waals surface area contributed by atoms with Gasteiger partial charge < -0.3 is 0 Å². The second-order valence-corrected chi connectivity index (χ2v) is 6.80. The Hall–Kier alpha value is -2.39. The largest absolute Gasteiger partial charge is 0.278 e. The van der Waals surface area contributed by atoms with Gasteiger partial charge in [-0.15, -0.1) is 12.4 Å². The van der Waals surface area contributed by atoms with Crippen LogP contribution in [0.15, 0.2) is 65.8 Å². The number of anilines is 1. The molecule has 134 valence electrons. The predicted molar refractivity (Wildman–Crippen MR) is 112 cm³/mol. The van der Waals surface area contributed by atoms with Crippen molar-refractivity contribution >= 4 is 34.7 Å². The summed E-state index contributed by atoms with van der Waals surface area (Å²) in [6.07, 6.45) is 4.49. The molecule has 0 bridgehead atoms. The molecule has 1 N–H and O–H groups in total. The van der Waals surface area contributed by atoms with Gasteiger partial charge in [0.05, 0.1) is 11.2 Å². The Morgan fingerprint density at radius 1 is 0.962 bits per heavy atom. The van der Waals surface area contributed by atoms with Gasteiger partial charge in [0, 0.05) is 16.8 Å². The van der Waals surface area contributed by atoms with Crippen molar-refractivity contribution in [2.24, 2.45) is 5.10 Å². The first kappa shape index (κ1) is 18.4. The minimum atomic E-state index is 0. The highest BCUT2D eigenvalue weighted by atomic mass is 35.5. The molecule has 0 radical (unpaired) electrons. The number of aryl methyl sites for hydroxylation is 1. The molecular formula is C22H24ClN3. The molecule has 2 aromatic carbocycles. The van der Waals surface area contributed by atoms with Crippen molar-refractivity contribution < 1.29 is 0 Å². The minimum Gasteiger partial charge on any atom is -0.278 e. The first-order chi connectivity index (χ1) is 12.3. The maximum Gasteiger partial charge on any atom is 0.0726 e. The topological polar surface area (TPSA) is 37.3 Å². The van der Waals surface area contributed by atoms with Crippen molar-refractivity contribution in [3.8, 4) is 0 Å². The van der Waals surface area contributed by atoms with E-state index in [1.54, 1.807) is 0 Å². The molecule has 26 heavy (non-hydrogen) atoms. The summed E-state index contributed by atoms with van der Waals surface area (Å²) < 4.78 is 0. The zero-order valence-electron chi connectivity index (χ0n) is 15.0. The fraction of sp³-hybridized carbons (Fsp3) is 0.273. The average Bonchev–Trinajstić information content (AvgIpc) is 2.67. The second kappa shape index (κ2) is 8.33. The van der Waals surface area contributed by atoms with Gasteiger partial charge >= 0.3 is 0 Å². The van der Waals surface area contributed by atoms with Crippen molar-refractivity contribution in [1.82, 2.24) is 4.98 Å². The Bertz CT molecular complexity index is 896. The van der Waals surface area contributed by atoms with Gasteiger partial charge in [-0.05, 0) is 56.2 Å². The van der Waals surface area contributed by atoms with E-state index in [0.717, 1.165) is 35.1 Å². The first-order valence-corrected chi connectivity index (χ1v) is 9.02. The lowest BCUT2D eigenvalue weighted by atomic mass is 9.83. The normalized spacial score (nSPS) is 16.8. The highest BCUT2D eigenvalue weighted by Gasteiger charge is 2.19. The van der Waals surface area contributed by atoms with Gasteiger partial charge in [-0.1, -0.05) is 48.5 Å². The smallest absolute Gasteiger partial charge is 0.0726 e. The summed E-state index contributed by atoms with van der Waals surface area (Å²) in [5.74, 6) is 0.671. The van der Waals surface area contributed by atoms with Crippen LogP contribution in [0.4, 0.5) is 5.69 Å². The maximum atomic E-state index is 4.71. The second-order valence-electron chi connectivity index (χ2n) is 6.80. The monoisotopic (exact) mass is 365 g/mol. The van der Waals surface area contributed by atoms with E-state index >= 15 is 0 Å². The van der Waals surface area contributed by atoms with Crippen LogP contribution in [-0.2, 0) is 0 Å². The number of hydrogen-bond donors (Lipinski definition) is 1. The van der Waals surface area contributed by atoms with Crippen LogP contribution in [-0.4, -0.2) is 10.7 Å². The standard InChI is InChI=1S/C22H23N3.ClH/c1-16-15-22(20-9-5-6-10-21(20)23-16)25-24-19-13-11-18(12-14-19)17-7-3-2-4-8-17;/h2-10,15,18H,11-14H2,1H3,(H,23,25);1H. The van der Waals surface area contributed by atoms with Crippen molar-refractivity contribution in [3.63, 3.8) is 0 Å². The van der Waals surface area contributed by atoms with Crippen LogP contribution in [0.25, 0.3) is 10.9 Å². The minimum absolute atomic E-state index is 0. The van der Waals surface area contributed by atoms with Gasteiger partial charge in [-0.2, -0.15) is 5.10 Å². The molecule has 1 heterocycles. The van der Waals surface area contributed by atoms with Crippen LogP contribution >= 0.6 is 12.4 Å². The van der Waals surface area contributed by atoms with E-state index in [2.05, 4.69) is 52.9 Å². The quantitative estimate of drug-likeness (QED) is 0.570. The third kappa shape index (κ3) is 4.05. The molecule has 1 saturated carbocycles. The molecule has 0 atom stereocenters. The van der Waals surface area contributed by atoms with Crippen LogP contribution in [0.2, 0.25) is 0 Å². The van der Waals surface area contributed by atoms with Gasteiger partial charge in [-0.3, -0.25) is 10.4 Å². The summed E-state index contributed by atoms with van der Waals surface area (Å²) in [5.41, 5.74) is 9.10. The number of nitrogens with zero attached hydrogens (tertiary/aromatic N) is 2. The number of aromatic nitrogens is 1. The molecule has 0 amide bonds. The highest BCUT2D eigenvalue weighted by Crippen LogP contribution is 2.31. The number of benzene rings is 2. The Morgan fingerprint density at radius 2 is 1.65 bits per heavy atom. The van der Waals surface area contributed by atoms with Gasteiger partial charge in [0.15, 0.2) is 0 Å². The lowest BCUT2D eigenvalue weighted by molar-refractivity contribution is 0.566. The van der Waals surface area contributed by atoms with Crippen LogP contribution < -0.4 is 5.43 Å². The van der Waals surface area contributed by atoms with Crippen molar-refractivity contribution in [3.05, 3.63) is 71.9 Å². The fourth-order valence-corrected chi connectivity index (χ4v) is 3.66. The molecule has 3 nitrogen and oxygen atoms in total. The van der Waals surface area contributed by atoms with Crippen molar-refractivity contribution in [1.29, 1.82) is 0 Å². The molecule has 0 spiro atoms. The summed E-state index contributed by atoms with van der Waals surface area (Å²) in [6.45, 7) is 2.02. The summed E-state index contributed by atoms with van der Waals surface area (Å²) in [7, 11) is 0. The Kier molecular flexibility index (Phi) is 5.89. The molecule has 4 rings (SSSR count). The SMILES string of the molecule is Cc1cc(NN=C2CCC(c3ccccc3)CC2)c2ccccc2n1.Cl. The average molecular weight is 366 g/mol. The van der Waals surface area contributed by atoms with Gasteiger partial charge in [-0.25, -0.2) is 0 Å². The van der Waals surface area contributed by atoms with Crippen LogP contribution in [0.5, 0.6) is 0 Å². The van der Waals surface area contributed by atoms with Gasteiger partial charge in [0.25, 0.3) is 0 Å². The van der Waals surface area contributed by atoms with E-state index in [1.807, 2.05) is 25.1 Å². The number of halogens is 1. The van der Waals surface area contributed by atoms with Crippen LogP contribution in [0.1, 0.15) is 42.9 Å². The number of hydrazone groups is 1. The summed E-state index contributed by atoms with van der Waals surface area (Å²) in [4.78, 5) is 4.59. The number of pyridine rings is 1. The van der Waals surface area contributed by atoms with Gasteiger partial charge in [0.2, 0.25) is 0 Å². The third-order valence-electron chi connectivity index (χ3n) is 5.01. The molecule has 0 saturated heterocycles. The van der Waals surface area contributed by atoms with Crippen molar-refractivity contribution in [2.75, 3.05) is 5.43 Å². The zero-order valence-corrected chi connectivity index (χ0v) is 15.8. The van der Waals surface area contributed by atoms with E-state index in [-0.39, 0.29) is 12.4 Å². The Labute approximate surface area is 161 Å². The Balaban J connectivity index is 0.00000196. The number of nitrogens with one attached hydrogen (secondary N) is 1. The third-order valence-corrected chi connectivity index (χ3v) is 5.01. The molecule has 0 unspecified atom stereocenters. The molecule has 4 heteroatoms. The fourth-order valence-electron chi connectivity index (χ4n) is 3.66. The van der Waals surface area contributed by atoms with E-state index < -0.39 is 0 Å². The summed E-state index contributed by atoms with van der Waals surface area (Å²) in [5, 5.41) is 5.83. The number of para-hydroxylation sites is 1. The van der Waals surface area contributed by atoms with E-state index in [4.69, 9.17) is 5.10 Å². The lowest BCUT2D eigenvalue weighted by Gasteiger charge is -2.23. The van der Waals surface area contributed by atoms with Crippen LogP contribution in [0.3, 0.4) is 0 Å². The van der Waals surface area contributed by atoms with Crippen LogP contribution in [0, 0.1) is 6.92 Å². The van der Waals surface area contributed by atoms with E-state index in [0.29, 0.717) is 5.92 Å². The van der Waals surface area contributed by atoms with Gasteiger partial charge in [0.1, 0.15) is 0 Å². The zero-order chi connectivity index (χ0) is 17.1. The lowest BCUT2D eigenvalue weighted by Crippen LogP contribution is -2.14. The summed E-state index contributed by atoms with van der Waals surface area (Å²) in [6, 6.07) is 21.1. The highest BCUT2D eigenvalue weighted by molar-refractivity contribution is 5.92. The van der Waals surface area contributed by atoms with E-state index in [1.165, 1.54) is 24.1 Å². The van der Waals surface area contributed by atoms with E-state index in [9.17, 15) is 0 Å². The first-order valence-electron chi connectivity index (χ1n) is 9.02. The number of hydrogen-bond acceptors (Lipinski definition) is 3. The molecular weight excluding hydrogens is 342 g/mol. The molecule has 1 aromatic heterocycles. The maximum absolute atomic E-state index is 4.71. The Morgan fingerprint density at radius 3 is 2.42 bits per heavy atom.